The fraction of sp³-hybridized carbons (Fsp3) is 0.385. The van der Waals surface area contributed by atoms with Crippen LogP contribution in [0.3, 0.4) is 0 Å². The van der Waals surface area contributed by atoms with Crippen LogP contribution in [0.5, 0.6) is 0 Å². The molecule has 1 unspecified atom stereocenters. The Hall–Kier alpha value is -2.25. The molecule has 1 atom stereocenters. The molecule has 1 saturated heterocycles. The van der Waals surface area contributed by atoms with Gasteiger partial charge in [-0.15, -0.1) is 0 Å². The first kappa shape index (κ1) is 15.1. The maximum Gasteiger partial charge on any atom is 0.416 e. The average Bonchev–Trinajstić information content (AvgIpc) is 2.41. The minimum Gasteiger partial charge on any atom is -0.354 e. The smallest absolute Gasteiger partial charge is 0.354 e. The molecule has 0 bridgehead atoms. The number of carbonyl (C=O) groups is 2. The van der Waals surface area contributed by atoms with Gasteiger partial charge in [0.05, 0.1) is 5.56 Å². The van der Waals surface area contributed by atoms with Gasteiger partial charge in [-0.1, -0.05) is 0 Å². The molecule has 3 amide bonds. The van der Waals surface area contributed by atoms with Crippen molar-refractivity contribution in [1.29, 1.82) is 0 Å². The van der Waals surface area contributed by atoms with E-state index in [0.29, 0.717) is 13.0 Å². The summed E-state index contributed by atoms with van der Waals surface area (Å²) in [6, 6.07) is 2.82. The summed E-state index contributed by atoms with van der Waals surface area (Å²) in [4.78, 5) is 23.1. The zero-order valence-electron chi connectivity index (χ0n) is 11.0. The lowest BCUT2D eigenvalue weighted by molar-refractivity contribution is -0.137. The van der Waals surface area contributed by atoms with E-state index in [2.05, 4.69) is 16.0 Å². The van der Waals surface area contributed by atoms with Crippen LogP contribution in [0.15, 0.2) is 24.3 Å². The molecule has 0 saturated carbocycles. The van der Waals surface area contributed by atoms with Crippen LogP contribution in [0.4, 0.5) is 23.7 Å². The molecule has 5 nitrogen and oxygen atoms in total. The second-order valence-corrected chi connectivity index (χ2v) is 4.66. The normalized spacial score (nSPS) is 18.8. The van der Waals surface area contributed by atoms with Crippen LogP contribution in [0, 0.1) is 0 Å². The predicted molar refractivity (Wildman–Crippen MR) is 69.6 cm³/mol. The molecule has 21 heavy (non-hydrogen) atoms. The van der Waals surface area contributed by atoms with Crippen LogP contribution >= 0.6 is 0 Å². The summed E-state index contributed by atoms with van der Waals surface area (Å²) in [5.74, 6) is -0.260. The topological polar surface area (TPSA) is 70.2 Å². The first-order valence-corrected chi connectivity index (χ1v) is 6.39. The quantitative estimate of drug-likeness (QED) is 0.783. The number of halogens is 3. The van der Waals surface area contributed by atoms with Crippen LogP contribution in [0.2, 0.25) is 0 Å². The molecule has 1 fully saturated rings. The molecule has 1 aliphatic heterocycles. The van der Waals surface area contributed by atoms with Gasteiger partial charge in [-0.05, 0) is 37.1 Å². The van der Waals surface area contributed by atoms with Crippen LogP contribution < -0.4 is 16.0 Å². The molecule has 8 heteroatoms. The number of urea groups is 1. The Balaban J connectivity index is 1.92. The Morgan fingerprint density at radius 1 is 1.24 bits per heavy atom. The second kappa shape index (κ2) is 6.02. The molecular weight excluding hydrogens is 287 g/mol. The monoisotopic (exact) mass is 301 g/mol. The van der Waals surface area contributed by atoms with E-state index in [0.717, 1.165) is 30.7 Å². The van der Waals surface area contributed by atoms with Gasteiger partial charge in [-0.3, -0.25) is 4.79 Å². The molecule has 1 heterocycles. The van der Waals surface area contributed by atoms with E-state index in [4.69, 9.17) is 0 Å². The lowest BCUT2D eigenvalue weighted by Gasteiger charge is -2.22. The van der Waals surface area contributed by atoms with Crippen molar-refractivity contribution >= 4 is 17.6 Å². The van der Waals surface area contributed by atoms with Gasteiger partial charge in [0.15, 0.2) is 0 Å². The highest BCUT2D eigenvalue weighted by Crippen LogP contribution is 2.29. The maximum absolute atomic E-state index is 12.4. The number of anilines is 1. The summed E-state index contributed by atoms with van der Waals surface area (Å²) in [7, 11) is 0. The van der Waals surface area contributed by atoms with Gasteiger partial charge in [0.2, 0.25) is 5.91 Å². The lowest BCUT2D eigenvalue weighted by Crippen LogP contribution is -2.51. The summed E-state index contributed by atoms with van der Waals surface area (Å²) < 4.78 is 37.2. The number of alkyl halides is 3. The van der Waals surface area contributed by atoms with Crippen LogP contribution in [-0.4, -0.2) is 24.5 Å². The van der Waals surface area contributed by atoms with Crippen molar-refractivity contribution in [2.45, 2.75) is 25.1 Å². The van der Waals surface area contributed by atoms with Crippen molar-refractivity contribution in [1.82, 2.24) is 10.6 Å². The SMILES string of the molecule is O=C(Nc1ccc(C(F)(F)F)cc1)NC1CCCNC1=O. The number of piperidine rings is 1. The van der Waals surface area contributed by atoms with Crippen molar-refractivity contribution in [2.24, 2.45) is 0 Å². The van der Waals surface area contributed by atoms with Crippen LogP contribution in [0.25, 0.3) is 0 Å². The van der Waals surface area contributed by atoms with Crippen molar-refractivity contribution < 1.29 is 22.8 Å². The molecule has 2 rings (SSSR count). The minimum atomic E-state index is -4.42. The van der Waals surface area contributed by atoms with Gasteiger partial charge in [-0.2, -0.15) is 13.2 Å². The zero-order valence-corrected chi connectivity index (χ0v) is 11.0. The molecule has 1 aromatic carbocycles. The number of rotatable bonds is 2. The van der Waals surface area contributed by atoms with E-state index in [1.54, 1.807) is 0 Å². The zero-order chi connectivity index (χ0) is 15.5. The average molecular weight is 301 g/mol. The Morgan fingerprint density at radius 3 is 2.48 bits per heavy atom. The van der Waals surface area contributed by atoms with Gasteiger partial charge in [0.25, 0.3) is 0 Å². The molecule has 0 spiro atoms. The summed E-state index contributed by atoms with van der Waals surface area (Å²) in [5, 5.41) is 7.49. The third-order valence-corrected chi connectivity index (χ3v) is 3.06. The number of carbonyl (C=O) groups excluding carboxylic acids is 2. The van der Waals surface area contributed by atoms with E-state index in [-0.39, 0.29) is 11.6 Å². The van der Waals surface area contributed by atoms with Crippen molar-refractivity contribution in [3.63, 3.8) is 0 Å². The van der Waals surface area contributed by atoms with E-state index >= 15 is 0 Å². The fourth-order valence-electron chi connectivity index (χ4n) is 1.98. The Bertz CT molecular complexity index is 528. The van der Waals surface area contributed by atoms with Gasteiger partial charge >= 0.3 is 12.2 Å². The number of nitrogens with one attached hydrogen (secondary N) is 3. The number of benzene rings is 1. The van der Waals surface area contributed by atoms with Gasteiger partial charge in [0.1, 0.15) is 6.04 Å². The second-order valence-electron chi connectivity index (χ2n) is 4.66. The molecule has 0 aromatic heterocycles. The van der Waals surface area contributed by atoms with Gasteiger partial charge in [-0.25, -0.2) is 4.79 Å². The summed E-state index contributed by atoms with van der Waals surface area (Å²) >= 11 is 0. The fourth-order valence-corrected chi connectivity index (χ4v) is 1.98. The molecule has 0 radical (unpaired) electrons. The standard InChI is InChI=1S/C13H14F3N3O2/c14-13(15,16)8-3-5-9(6-4-8)18-12(21)19-10-2-1-7-17-11(10)20/h3-6,10H,1-2,7H2,(H,17,20)(H2,18,19,21). The lowest BCUT2D eigenvalue weighted by atomic mass is 10.1. The summed E-state index contributed by atoms with van der Waals surface area (Å²) in [5.41, 5.74) is -0.572. The third kappa shape index (κ3) is 4.11. The number of amides is 3. The Labute approximate surface area is 118 Å². The highest BCUT2D eigenvalue weighted by atomic mass is 19.4. The van der Waals surface area contributed by atoms with E-state index in [1.165, 1.54) is 0 Å². The van der Waals surface area contributed by atoms with Crippen molar-refractivity contribution in [2.75, 3.05) is 11.9 Å². The molecule has 114 valence electrons. The molecule has 1 aromatic rings. The largest absolute Gasteiger partial charge is 0.416 e. The van der Waals surface area contributed by atoms with Crippen molar-refractivity contribution in [3.05, 3.63) is 29.8 Å². The van der Waals surface area contributed by atoms with Gasteiger partial charge < -0.3 is 16.0 Å². The Morgan fingerprint density at radius 2 is 1.90 bits per heavy atom. The van der Waals surface area contributed by atoms with Crippen LogP contribution in [-0.2, 0) is 11.0 Å². The third-order valence-electron chi connectivity index (χ3n) is 3.06. The minimum absolute atomic E-state index is 0.219. The first-order chi connectivity index (χ1) is 9.86. The number of hydrogen-bond donors (Lipinski definition) is 3. The van der Waals surface area contributed by atoms with Crippen LogP contribution in [0.1, 0.15) is 18.4 Å². The first-order valence-electron chi connectivity index (χ1n) is 6.39. The van der Waals surface area contributed by atoms with E-state index < -0.39 is 23.8 Å². The van der Waals surface area contributed by atoms with Gasteiger partial charge in [0, 0.05) is 12.2 Å². The molecule has 1 aliphatic rings. The molecule has 3 N–H and O–H groups in total. The molecule has 0 aliphatic carbocycles. The van der Waals surface area contributed by atoms with E-state index in [1.807, 2.05) is 0 Å². The predicted octanol–water partition coefficient (Wildman–Crippen LogP) is 2.11. The highest BCUT2D eigenvalue weighted by molar-refractivity contribution is 5.93. The highest BCUT2D eigenvalue weighted by Gasteiger charge is 2.30. The van der Waals surface area contributed by atoms with Crippen molar-refractivity contribution in [3.8, 4) is 0 Å². The summed E-state index contributed by atoms with van der Waals surface area (Å²) in [6.07, 6.45) is -3.12. The van der Waals surface area contributed by atoms with E-state index in [9.17, 15) is 22.8 Å². The number of hydrogen-bond acceptors (Lipinski definition) is 2. The Kier molecular flexibility index (Phi) is 4.35. The molecular formula is C13H14F3N3O2. The summed E-state index contributed by atoms with van der Waals surface area (Å²) in [6.45, 7) is 0.581. The maximum atomic E-state index is 12.4.